The van der Waals surface area contributed by atoms with E-state index < -0.39 is 5.91 Å². The van der Waals surface area contributed by atoms with Gasteiger partial charge in [0.15, 0.2) is 11.5 Å². The van der Waals surface area contributed by atoms with Gasteiger partial charge in [-0.15, -0.1) is 11.3 Å². The smallest absolute Gasteiger partial charge is 0.279 e. The number of rotatable bonds is 2. The van der Waals surface area contributed by atoms with E-state index in [4.69, 9.17) is 9.47 Å². The van der Waals surface area contributed by atoms with Crippen LogP contribution in [0.1, 0.15) is 24.9 Å². The first kappa shape index (κ1) is 14.4. The molecule has 6 nitrogen and oxygen atoms in total. The van der Waals surface area contributed by atoms with E-state index >= 15 is 0 Å². The Morgan fingerprint density at radius 2 is 1.73 bits per heavy atom. The van der Waals surface area contributed by atoms with E-state index in [1.165, 1.54) is 11.3 Å². The summed E-state index contributed by atoms with van der Waals surface area (Å²) < 4.78 is 10.8. The largest absolute Gasteiger partial charge is 0.486 e. The van der Waals surface area contributed by atoms with Crippen LogP contribution in [-0.4, -0.2) is 25.0 Å². The molecule has 2 N–H and O–H groups in total. The summed E-state index contributed by atoms with van der Waals surface area (Å²) in [5.41, 5.74) is 5.16. The van der Waals surface area contributed by atoms with Crippen LogP contribution >= 0.6 is 11.3 Å². The van der Waals surface area contributed by atoms with Crippen LogP contribution in [0.4, 0.5) is 0 Å². The number of aryl methyl sites for hydroxylation is 1. The molecule has 0 spiro atoms. The second kappa shape index (κ2) is 6.07. The Labute approximate surface area is 131 Å². The maximum Gasteiger partial charge on any atom is 0.279 e. The fourth-order valence-electron chi connectivity index (χ4n) is 1.99. The summed E-state index contributed by atoms with van der Waals surface area (Å²) in [6.45, 7) is 2.86. The van der Waals surface area contributed by atoms with Crippen LogP contribution < -0.4 is 20.3 Å². The standard InChI is InChI=1S/C15H14N2O4S/c1-9-2-5-13(22-9)15(19)17-16-14(18)10-3-4-11-12(8-10)21-7-6-20-11/h2-5,8H,6-7H2,1H3,(H,16,18)(H,17,19). The molecule has 0 fully saturated rings. The van der Waals surface area contributed by atoms with Crippen LogP contribution in [-0.2, 0) is 0 Å². The van der Waals surface area contributed by atoms with Crippen molar-refractivity contribution in [3.63, 3.8) is 0 Å². The average molecular weight is 318 g/mol. The van der Waals surface area contributed by atoms with Crippen molar-refractivity contribution >= 4 is 23.2 Å². The molecule has 3 rings (SSSR count). The van der Waals surface area contributed by atoms with E-state index in [1.807, 2.05) is 13.0 Å². The topological polar surface area (TPSA) is 76.7 Å². The van der Waals surface area contributed by atoms with Gasteiger partial charge in [-0.2, -0.15) is 0 Å². The van der Waals surface area contributed by atoms with Crippen molar-refractivity contribution in [3.8, 4) is 11.5 Å². The minimum atomic E-state index is -0.418. The monoisotopic (exact) mass is 318 g/mol. The van der Waals surface area contributed by atoms with Crippen LogP contribution in [0.3, 0.4) is 0 Å². The van der Waals surface area contributed by atoms with Gasteiger partial charge in [-0.1, -0.05) is 0 Å². The van der Waals surface area contributed by atoms with E-state index in [2.05, 4.69) is 10.9 Å². The van der Waals surface area contributed by atoms with Gasteiger partial charge in [0, 0.05) is 10.4 Å². The zero-order valence-corrected chi connectivity index (χ0v) is 12.7. The number of benzene rings is 1. The first-order chi connectivity index (χ1) is 10.6. The molecular formula is C15H14N2O4S. The van der Waals surface area contributed by atoms with Crippen molar-refractivity contribution in [2.75, 3.05) is 13.2 Å². The number of thiophene rings is 1. The summed E-state index contributed by atoms with van der Waals surface area (Å²) in [5, 5.41) is 0. The molecule has 1 aliphatic rings. The van der Waals surface area contributed by atoms with Gasteiger partial charge in [-0.25, -0.2) is 0 Å². The SMILES string of the molecule is Cc1ccc(C(=O)NNC(=O)c2ccc3c(c2)OCCO3)s1. The number of nitrogens with one attached hydrogen (secondary N) is 2. The molecular weight excluding hydrogens is 304 g/mol. The molecule has 1 aliphatic heterocycles. The number of carbonyl (C=O) groups is 2. The van der Waals surface area contributed by atoms with Gasteiger partial charge in [0.1, 0.15) is 13.2 Å². The van der Waals surface area contributed by atoms with Gasteiger partial charge in [-0.3, -0.25) is 20.4 Å². The first-order valence-corrected chi connectivity index (χ1v) is 7.52. The van der Waals surface area contributed by atoms with E-state index in [9.17, 15) is 9.59 Å². The van der Waals surface area contributed by atoms with Crippen molar-refractivity contribution < 1.29 is 19.1 Å². The third-order valence-corrected chi connectivity index (χ3v) is 4.06. The highest BCUT2D eigenvalue weighted by Crippen LogP contribution is 2.30. The maximum absolute atomic E-state index is 12.1. The Bertz CT molecular complexity index is 726. The minimum Gasteiger partial charge on any atom is -0.486 e. The molecule has 114 valence electrons. The van der Waals surface area contributed by atoms with Crippen LogP contribution in [0.15, 0.2) is 30.3 Å². The highest BCUT2D eigenvalue weighted by Gasteiger charge is 2.15. The zero-order valence-electron chi connectivity index (χ0n) is 11.8. The second-order valence-electron chi connectivity index (χ2n) is 4.68. The molecule has 0 radical (unpaired) electrons. The third kappa shape index (κ3) is 3.04. The number of fused-ring (bicyclic) bond motifs is 1. The van der Waals surface area contributed by atoms with Crippen LogP contribution in [0.2, 0.25) is 0 Å². The lowest BCUT2D eigenvalue weighted by Gasteiger charge is -2.18. The normalized spacial score (nSPS) is 12.6. The van der Waals surface area contributed by atoms with Crippen molar-refractivity contribution in [1.29, 1.82) is 0 Å². The van der Waals surface area contributed by atoms with Gasteiger partial charge in [0.05, 0.1) is 4.88 Å². The van der Waals surface area contributed by atoms with Gasteiger partial charge in [0.25, 0.3) is 11.8 Å². The molecule has 2 heterocycles. The van der Waals surface area contributed by atoms with Crippen LogP contribution in [0.25, 0.3) is 0 Å². The lowest BCUT2D eigenvalue weighted by molar-refractivity contribution is 0.0848. The molecule has 2 aromatic rings. The Morgan fingerprint density at radius 1 is 1.00 bits per heavy atom. The lowest BCUT2D eigenvalue weighted by atomic mass is 10.2. The summed E-state index contributed by atoms with van der Waals surface area (Å²) in [4.78, 5) is 25.5. The number of ether oxygens (including phenoxy) is 2. The maximum atomic E-state index is 12.1. The highest BCUT2D eigenvalue weighted by atomic mass is 32.1. The predicted molar refractivity (Wildman–Crippen MR) is 81.4 cm³/mol. The number of hydrogen-bond donors (Lipinski definition) is 2. The molecule has 7 heteroatoms. The molecule has 0 atom stereocenters. The van der Waals surface area contributed by atoms with E-state index in [1.54, 1.807) is 24.3 Å². The zero-order chi connectivity index (χ0) is 15.5. The predicted octanol–water partition coefficient (Wildman–Crippen LogP) is 1.90. The Balaban J connectivity index is 1.63. The summed E-state index contributed by atoms with van der Waals surface area (Å²) >= 11 is 1.36. The summed E-state index contributed by atoms with van der Waals surface area (Å²) in [6, 6.07) is 8.44. The first-order valence-electron chi connectivity index (χ1n) is 6.70. The molecule has 0 aliphatic carbocycles. The second-order valence-corrected chi connectivity index (χ2v) is 5.96. The van der Waals surface area contributed by atoms with Crippen LogP contribution in [0.5, 0.6) is 11.5 Å². The van der Waals surface area contributed by atoms with Crippen molar-refractivity contribution in [3.05, 3.63) is 45.6 Å². The van der Waals surface area contributed by atoms with Gasteiger partial charge < -0.3 is 9.47 Å². The number of hydrogen-bond acceptors (Lipinski definition) is 5. The molecule has 22 heavy (non-hydrogen) atoms. The average Bonchev–Trinajstić information content (AvgIpc) is 2.98. The van der Waals surface area contributed by atoms with Gasteiger partial charge in [-0.05, 0) is 37.3 Å². The molecule has 1 aromatic heterocycles. The fraction of sp³-hybridized carbons (Fsp3) is 0.200. The quantitative estimate of drug-likeness (QED) is 0.829. The molecule has 0 unspecified atom stereocenters. The number of hydrazine groups is 1. The summed E-state index contributed by atoms with van der Waals surface area (Å²) in [7, 11) is 0. The summed E-state index contributed by atoms with van der Waals surface area (Å²) in [5.74, 6) is 0.377. The van der Waals surface area contributed by atoms with Crippen molar-refractivity contribution in [2.45, 2.75) is 6.92 Å². The molecule has 0 saturated heterocycles. The Kier molecular flexibility index (Phi) is 3.97. The van der Waals surface area contributed by atoms with Crippen molar-refractivity contribution in [2.24, 2.45) is 0 Å². The molecule has 0 bridgehead atoms. The number of carbonyl (C=O) groups excluding carboxylic acids is 2. The van der Waals surface area contributed by atoms with E-state index in [0.717, 1.165) is 4.88 Å². The molecule has 1 aromatic carbocycles. The highest BCUT2D eigenvalue weighted by molar-refractivity contribution is 7.13. The van der Waals surface area contributed by atoms with Crippen molar-refractivity contribution in [1.82, 2.24) is 10.9 Å². The van der Waals surface area contributed by atoms with Gasteiger partial charge >= 0.3 is 0 Å². The van der Waals surface area contributed by atoms with Crippen LogP contribution in [0, 0.1) is 6.92 Å². The van der Waals surface area contributed by atoms with Gasteiger partial charge in [0.2, 0.25) is 0 Å². The number of amides is 2. The fourth-order valence-corrected chi connectivity index (χ4v) is 2.75. The van der Waals surface area contributed by atoms with E-state index in [0.29, 0.717) is 35.2 Å². The minimum absolute atomic E-state index is 0.344. The third-order valence-electron chi connectivity index (χ3n) is 3.06. The molecule has 2 amide bonds. The van der Waals surface area contributed by atoms with E-state index in [-0.39, 0.29) is 5.91 Å². The Morgan fingerprint density at radius 3 is 2.45 bits per heavy atom. The Hall–Kier alpha value is -2.54. The lowest BCUT2D eigenvalue weighted by Crippen LogP contribution is -2.41. The summed E-state index contributed by atoms with van der Waals surface area (Å²) in [6.07, 6.45) is 0. The molecule has 0 saturated carbocycles.